The summed E-state index contributed by atoms with van der Waals surface area (Å²) in [6.07, 6.45) is 3.17. The lowest BCUT2D eigenvalue weighted by Crippen LogP contribution is -2.31. The van der Waals surface area contributed by atoms with Crippen LogP contribution < -0.4 is 10.6 Å². The summed E-state index contributed by atoms with van der Waals surface area (Å²) in [7, 11) is 0. The number of thioether (sulfide) groups is 1. The van der Waals surface area contributed by atoms with Crippen LogP contribution in [0.5, 0.6) is 0 Å². The number of nitrogens with one attached hydrogen (secondary N) is 2. The Hall–Kier alpha value is -3.32. The summed E-state index contributed by atoms with van der Waals surface area (Å²) in [6, 6.07) is 21.9. The molecule has 1 atom stereocenters. The molecule has 164 valence electrons. The van der Waals surface area contributed by atoms with Gasteiger partial charge in [0, 0.05) is 11.9 Å². The summed E-state index contributed by atoms with van der Waals surface area (Å²) in [4.78, 5) is 22.2. The van der Waals surface area contributed by atoms with Crippen LogP contribution in [0.2, 0.25) is 0 Å². The largest absolute Gasteiger partial charge is 0.467 e. The molecule has 2 aromatic heterocycles. The van der Waals surface area contributed by atoms with Crippen molar-refractivity contribution in [3.8, 4) is 0 Å². The van der Waals surface area contributed by atoms with Gasteiger partial charge in [0.2, 0.25) is 5.91 Å². The summed E-state index contributed by atoms with van der Waals surface area (Å²) in [5, 5.41) is 7.67. The number of rotatable bonds is 10. The van der Waals surface area contributed by atoms with Crippen LogP contribution in [-0.4, -0.2) is 27.7 Å². The summed E-state index contributed by atoms with van der Waals surface area (Å²) in [5.41, 5.74) is 2.13. The van der Waals surface area contributed by atoms with Crippen LogP contribution in [0.3, 0.4) is 0 Å². The Morgan fingerprint density at radius 2 is 1.84 bits per heavy atom. The minimum Gasteiger partial charge on any atom is -0.467 e. The highest BCUT2D eigenvalue weighted by atomic mass is 32.2. The number of hydrogen-bond acceptors (Lipinski definition) is 6. The zero-order valence-corrected chi connectivity index (χ0v) is 18.8. The molecule has 0 fully saturated rings. The monoisotopic (exact) mass is 446 g/mol. The molecule has 0 aliphatic carbocycles. The second-order valence-electron chi connectivity index (χ2n) is 7.35. The molecule has 0 spiro atoms. The van der Waals surface area contributed by atoms with Crippen molar-refractivity contribution in [3.05, 3.63) is 84.3 Å². The molecule has 4 rings (SSSR count). The number of amides is 1. The van der Waals surface area contributed by atoms with Crippen LogP contribution >= 0.6 is 11.8 Å². The molecule has 2 N–H and O–H groups in total. The van der Waals surface area contributed by atoms with Gasteiger partial charge in [-0.1, -0.05) is 61.2 Å². The number of para-hydroxylation sites is 1. The molecule has 32 heavy (non-hydrogen) atoms. The van der Waals surface area contributed by atoms with E-state index in [0.717, 1.165) is 35.4 Å². The van der Waals surface area contributed by atoms with Gasteiger partial charge >= 0.3 is 0 Å². The fraction of sp³-hybridized carbons (Fsp3) is 0.240. The van der Waals surface area contributed by atoms with E-state index in [2.05, 4.69) is 22.8 Å². The molecule has 2 aromatic carbocycles. The molecule has 0 unspecified atom stereocenters. The first-order chi connectivity index (χ1) is 15.7. The van der Waals surface area contributed by atoms with E-state index in [-0.39, 0.29) is 11.2 Å². The predicted octanol–water partition coefficient (Wildman–Crippen LogP) is 5.06. The summed E-state index contributed by atoms with van der Waals surface area (Å²) < 4.78 is 5.29. The van der Waals surface area contributed by atoms with E-state index in [1.807, 2.05) is 61.5 Å². The molecular formula is C25H26N4O2S. The molecule has 0 aliphatic heterocycles. The predicted molar refractivity (Wildman–Crippen MR) is 129 cm³/mol. The van der Waals surface area contributed by atoms with Crippen molar-refractivity contribution in [1.29, 1.82) is 0 Å². The summed E-state index contributed by atoms with van der Waals surface area (Å²) >= 11 is 1.39. The quantitative estimate of drug-likeness (QED) is 0.262. The van der Waals surface area contributed by atoms with Gasteiger partial charge in [0.15, 0.2) is 5.16 Å². The van der Waals surface area contributed by atoms with E-state index >= 15 is 0 Å². The van der Waals surface area contributed by atoms with E-state index < -0.39 is 0 Å². The highest BCUT2D eigenvalue weighted by Gasteiger charge is 2.20. The Kier molecular flexibility index (Phi) is 7.40. The number of aromatic nitrogens is 2. The van der Waals surface area contributed by atoms with Crippen LogP contribution in [-0.2, 0) is 17.8 Å². The van der Waals surface area contributed by atoms with Gasteiger partial charge in [-0.3, -0.25) is 4.79 Å². The zero-order chi connectivity index (χ0) is 22.2. The van der Waals surface area contributed by atoms with E-state index in [9.17, 15) is 4.79 Å². The molecule has 0 aliphatic rings. The van der Waals surface area contributed by atoms with Crippen LogP contribution in [0.25, 0.3) is 10.9 Å². The van der Waals surface area contributed by atoms with Gasteiger partial charge in [0.25, 0.3) is 0 Å². The Balaban J connectivity index is 1.46. The lowest BCUT2D eigenvalue weighted by Gasteiger charge is -2.15. The topological polar surface area (TPSA) is 80.0 Å². The molecule has 0 bridgehead atoms. The maximum Gasteiger partial charge on any atom is 0.233 e. The van der Waals surface area contributed by atoms with Crippen molar-refractivity contribution in [2.75, 3.05) is 11.9 Å². The maximum absolute atomic E-state index is 12.7. The summed E-state index contributed by atoms with van der Waals surface area (Å²) in [6.45, 7) is 3.12. The van der Waals surface area contributed by atoms with Gasteiger partial charge < -0.3 is 15.1 Å². The maximum atomic E-state index is 12.7. The van der Waals surface area contributed by atoms with Crippen LogP contribution in [0.1, 0.15) is 24.7 Å². The van der Waals surface area contributed by atoms with Gasteiger partial charge in [-0.25, -0.2) is 9.97 Å². The number of carbonyl (C=O) groups is 1. The van der Waals surface area contributed by atoms with Crippen molar-refractivity contribution < 1.29 is 9.21 Å². The van der Waals surface area contributed by atoms with E-state index in [0.29, 0.717) is 18.1 Å². The lowest BCUT2D eigenvalue weighted by molar-refractivity contribution is -0.120. The third-order valence-electron chi connectivity index (χ3n) is 5.06. The number of benzene rings is 2. The van der Waals surface area contributed by atoms with Crippen molar-refractivity contribution in [2.45, 2.75) is 36.7 Å². The zero-order valence-electron chi connectivity index (χ0n) is 18.0. The smallest absolute Gasteiger partial charge is 0.233 e. The number of hydrogen-bond donors (Lipinski definition) is 2. The Bertz CT molecular complexity index is 1150. The van der Waals surface area contributed by atoms with Gasteiger partial charge in [0.05, 0.1) is 23.6 Å². The molecule has 0 saturated carbocycles. The van der Waals surface area contributed by atoms with Crippen LogP contribution in [0, 0.1) is 0 Å². The SMILES string of the molecule is CC[C@H](Sc1nc(NCCc2ccccc2)c2ccccc2n1)C(=O)NCc1ccco1. The first kappa shape index (κ1) is 21.9. The fourth-order valence-electron chi connectivity index (χ4n) is 3.36. The number of fused-ring (bicyclic) bond motifs is 1. The third kappa shape index (κ3) is 5.68. The highest BCUT2D eigenvalue weighted by molar-refractivity contribution is 8.00. The van der Waals surface area contributed by atoms with E-state index in [4.69, 9.17) is 14.4 Å². The normalized spacial score (nSPS) is 11.9. The molecule has 0 saturated heterocycles. The molecule has 6 nitrogen and oxygen atoms in total. The van der Waals surface area contributed by atoms with E-state index in [1.54, 1.807) is 6.26 Å². The van der Waals surface area contributed by atoms with Crippen molar-refractivity contribution in [3.63, 3.8) is 0 Å². The number of anilines is 1. The van der Waals surface area contributed by atoms with Crippen molar-refractivity contribution in [2.24, 2.45) is 0 Å². The van der Waals surface area contributed by atoms with Gasteiger partial charge in [-0.05, 0) is 42.7 Å². The molecule has 7 heteroatoms. The summed E-state index contributed by atoms with van der Waals surface area (Å²) in [5.74, 6) is 1.47. The molecule has 1 amide bonds. The van der Waals surface area contributed by atoms with Gasteiger partial charge in [0.1, 0.15) is 11.6 Å². The first-order valence-electron chi connectivity index (χ1n) is 10.7. The Morgan fingerprint density at radius 1 is 1.03 bits per heavy atom. The minimum absolute atomic E-state index is 0.0516. The van der Waals surface area contributed by atoms with Crippen LogP contribution in [0.15, 0.2) is 82.6 Å². The lowest BCUT2D eigenvalue weighted by atomic mass is 10.1. The van der Waals surface area contributed by atoms with Crippen molar-refractivity contribution in [1.82, 2.24) is 15.3 Å². The third-order valence-corrected chi connectivity index (χ3v) is 6.28. The van der Waals surface area contributed by atoms with Crippen LogP contribution in [0.4, 0.5) is 5.82 Å². The Morgan fingerprint density at radius 3 is 2.62 bits per heavy atom. The van der Waals surface area contributed by atoms with Gasteiger partial charge in [-0.2, -0.15) is 0 Å². The second-order valence-corrected chi connectivity index (χ2v) is 8.52. The number of carbonyl (C=O) groups excluding carboxylic acids is 1. The second kappa shape index (κ2) is 10.8. The first-order valence-corrected chi connectivity index (χ1v) is 11.6. The highest BCUT2D eigenvalue weighted by Crippen LogP contribution is 2.28. The molecule has 0 radical (unpaired) electrons. The average molecular weight is 447 g/mol. The number of nitrogens with zero attached hydrogens (tertiary/aromatic N) is 2. The standard InChI is InChI=1S/C25H26N4O2S/c1-2-22(24(30)27-17-19-11-8-16-31-19)32-25-28-21-13-7-6-12-20(21)23(29-25)26-15-14-18-9-4-3-5-10-18/h3-13,16,22H,2,14-15,17H2,1H3,(H,27,30)(H,26,28,29)/t22-/m0/s1. The minimum atomic E-state index is -0.289. The van der Waals surface area contributed by atoms with Crippen molar-refractivity contribution >= 4 is 34.4 Å². The molecule has 2 heterocycles. The average Bonchev–Trinajstić information content (AvgIpc) is 3.35. The van der Waals surface area contributed by atoms with E-state index in [1.165, 1.54) is 17.3 Å². The molecular weight excluding hydrogens is 420 g/mol. The molecule has 4 aromatic rings. The Labute approximate surface area is 191 Å². The fourth-order valence-corrected chi connectivity index (χ4v) is 4.27. The van der Waals surface area contributed by atoms with Gasteiger partial charge in [-0.15, -0.1) is 0 Å². The number of furan rings is 1.